The molecule has 1 aromatic rings. The summed E-state index contributed by atoms with van der Waals surface area (Å²) in [4.78, 5) is 11.4. The topological polar surface area (TPSA) is 83.9 Å². The van der Waals surface area contributed by atoms with Crippen LogP contribution in [-0.4, -0.2) is 49.6 Å². The highest BCUT2D eigenvalue weighted by Crippen LogP contribution is 2.29. The standard InChI is InChI=1S/C12H13ClFNO5S/c1-20-12(17)11-4-7(16)6-15(11)21(18,19)8-2-3-10(14)9(13)5-8/h2-3,5,7,11,16H,4,6H2,1H3. The van der Waals surface area contributed by atoms with Gasteiger partial charge in [-0.1, -0.05) is 11.6 Å². The molecule has 1 saturated heterocycles. The average molecular weight is 338 g/mol. The molecular weight excluding hydrogens is 325 g/mol. The number of aliphatic hydroxyl groups excluding tert-OH is 1. The minimum absolute atomic E-state index is 0.0547. The van der Waals surface area contributed by atoms with E-state index in [0.29, 0.717) is 0 Å². The zero-order valence-electron chi connectivity index (χ0n) is 11.0. The third-order valence-corrected chi connectivity index (χ3v) is 5.36. The highest BCUT2D eigenvalue weighted by atomic mass is 35.5. The normalized spacial score (nSPS) is 23.2. The van der Waals surface area contributed by atoms with Gasteiger partial charge in [0.05, 0.1) is 23.1 Å². The number of nitrogens with zero attached hydrogens (tertiary/aromatic N) is 1. The molecule has 0 bridgehead atoms. The second-order valence-corrected chi connectivity index (χ2v) is 6.88. The molecular formula is C12H13ClFNO5S. The molecule has 9 heteroatoms. The van der Waals surface area contributed by atoms with E-state index in [9.17, 15) is 22.7 Å². The summed E-state index contributed by atoms with van der Waals surface area (Å²) in [6.07, 6.45) is -1.03. The summed E-state index contributed by atoms with van der Waals surface area (Å²) in [6, 6.07) is 1.83. The van der Waals surface area contributed by atoms with Crippen LogP contribution in [0.2, 0.25) is 5.02 Å². The van der Waals surface area contributed by atoms with E-state index in [-0.39, 0.29) is 22.9 Å². The first-order chi connectivity index (χ1) is 9.77. The fourth-order valence-corrected chi connectivity index (χ4v) is 4.07. The molecule has 1 aliphatic heterocycles. The number of hydrogen-bond donors (Lipinski definition) is 1. The number of halogens is 2. The summed E-state index contributed by atoms with van der Waals surface area (Å²) >= 11 is 5.58. The molecule has 2 unspecified atom stereocenters. The number of carbonyl (C=O) groups excluding carboxylic acids is 1. The van der Waals surface area contributed by atoms with E-state index in [0.717, 1.165) is 29.6 Å². The minimum atomic E-state index is -4.09. The number of benzene rings is 1. The number of methoxy groups -OCH3 is 1. The van der Waals surface area contributed by atoms with Crippen molar-refractivity contribution in [2.45, 2.75) is 23.5 Å². The molecule has 0 spiro atoms. The van der Waals surface area contributed by atoms with Crippen LogP contribution in [0.25, 0.3) is 0 Å². The summed E-state index contributed by atoms with van der Waals surface area (Å²) in [7, 11) is -2.96. The maximum atomic E-state index is 13.1. The highest BCUT2D eigenvalue weighted by Gasteiger charge is 2.44. The maximum absolute atomic E-state index is 13.1. The lowest BCUT2D eigenvalue weighted by atomic mass is 10.2. The second-order valence-electron chi connectivity index (χ2n) is 4.58. The molecule has 21 heavy (non-hydrogen) atoms. The number of β-amino-alcohol motifs (C(OH)–C–C–N with tert-alkyl or cyclic N) is 1. The first-order valence-corrected chi connectivity index (χ1v) is 7.82. The second kappa shape index (κ2) is 5.88. The Balaban J connectivity index is 2.41. The van der Waals surface area contributed by atoms with Gasteiger partial charge in [0.1, 0.15) is 11.9 Å². The van der Waals surface area contributed by atoms with E-state index < -0.39 is 34.0 Å². The van der Waals surface area contributed by atoms with Crippen LogP contribution in [0.3, 0.4) is 0 Å². The van der Waals surface area contributed by atoms with Crippen molar-refractivity contribution in [2.75, 3.05) is 13.7 Å². The van der Waals surface area contributed by atoms with E-state index in [2.05, 4.69) is 4.74 Å². The largest absolute Gasteiger partial charge is 0.468 e. The lowest BCUT2D eigenvalue weighted by Gasteiger charge is -2.21. The molecule has 0 amide bonds. The fourth-order valence-electron chi connectivity index (χ4n) is 2.17. The summed E-state index contributed by atoms with van der Waals surface area (Å²) in [5, 5.41) is 9.28. The number of sulfonamides is 1. The molecule has 0 aliphatic carbocycles. The highest BCUT2D eigenvalue weighted by molar-refractivity contribution is 7.89. The molecule has 6 nitrogen and oxygen atoms in total. The Hall–Kier alpha value is -1.22. The molecule has 1 aromatic carbocycles. The van der Waals surface area contributed by atoms with E-state index in [1.54, 1.807) is 0 Å². The van der Waals surface area contributed by atoms with Crippen molar-refractivity contribution in [1.82, 2.24) is 4.31 Å². The van der Waals surface area contributed by atoms with Crippen molar-refractivity contribution < 1.29 is 27.4 Å². The summed E-state index contributed by atoms with van der Waals surface area (Å²) in [5.41, 5.74) is 0. The van der Waals surface area contributed by atoms with Crippen molar-refractivity contribution in [1.29, 1.82) is 0 Å². The van der Waals surface area contributed by atoms with E-state index in [1.807, 2.05) is 0 Å². The average Bonchev–Trinajstić information content (AvgIpc) is 2.83. The Bertz CT molecular complexity index is 666. The van der Waals surface area contributed by atoms with Gasteiger partial charge in [0.25, 0.3) is 0 Å². The molecule has 0 saturated carbocycles. The smallest absolute Gasteiger partial charge is 0.324 e. The molecule has 0 aromatic heterocycles. The number of aliphatic hydroxyl groups is 1. The van der Waals surface area contributed by atoms with Gasteiger partial charge >= 0.3 is 5.97 Å². The van der Waals surface area contributed by atoms with Crippen LogP contribution >= 0.6 is 11.6 Å². The summed E-state index contributed by atoms with van der Waals surface area (Å²) < 4.78 is 43.5. The Morgan fingerprint density at radius 1 is 1.52 bits per heavy atom. The van der Waals surface area contributed by atoms with Crippen LogP contribution in [-0.2, 0) is 19.6 Å². The van der Waals surface area contributed by atoms with Gasteiger partial charge in [0.15, 0.2) is 0 Å². The zero-order chi connectivity index (χ0) is 15.8. The molecule has 0 radical (unpaired) electrons. The van der Waals surface area contributed by atoms with Gasteiger partial charge in [-0.3, -0.25) is 4.79 Å². The number of ether oxygens (including phenoxy) is 1. The number of esters is 1. The Morgan fingerprint density at radius 2 is 2.19 bits per heavy atom. The quantitative estimate of drug-likeness (QED) is 0.824. The maximum Gasteiger partial charge on any atom is 0.324 e. The Kier molecular flexibility index (Phi) is 4.52. The van der Waals surface area contributed by atoms with Crippen molar-refractivity contribution in [3.05, 3.63) is 29.0 Å². The molecule has 1 heterocycles. The molecule has 1 aliphatic rings. The van der Waals surface area contributed by atoms with E-state index in [4.69, 9.17) is 11.6 Å². The third-order valence-electron chi connectivity index (χ3n) is 3.20. The van der Waals surface area contributed by atoms with E-state index in [1.165, 1.54) is 0 Å². The van der Waals surface area contributed by atoms with Crippen LogP contribution in [0.5, 0.6) is 0 Å². The van der Waals surface area contributed by atoms with E-state index >= 15 is 0 Å². The molecule has 2 atom stereocenters. The van der Waals surface area contributed by atoms with Crippen LogP contribution in [0.1, 0.15) is 6.42 Å². The third kappa shape index (κ3) is 3.03. The molecule has 116 valence electrons. The first kappa shape index (κ1) is 16.2. The van der Waals surface area contributed by atoms with Crippen LogP contribution in [0.15, 0.2) is 23.1 Å². The van der Waals surface area contributed by atoms with Gasteiger partial charge in [0, 0.05) is 13.0 Å². The van der Waals surface area contributed by atoms with Crippen molar-refractivity contribution >= 4 is 27.6 Å². The van der Waals surface area contributed by atoms with Gasteiger partial charge in [-0.15, -0.1) is 0 Å². The SMILES string of the molecule is COC(=O)C1CC(O)CN1S(=O)(=O)c1ccc(F)c(Cl)c1. The Labute approximate surface area is 126 Å². The molecule has 1 N–H and O–H groups in total. The number of rotatable bonds is 3. The van der Waals surface area contributed by atoms with Gasteiger partial charge in [0.2, 0.25) is 10.0 Å². The summed E-state index contributed by atoms with van der Waals surface area (Å²) in [6.45, 7) is -0.239. The molecule has 1 fully saturated rings. The van der Waals surface area contributed by atoms with Gasteiger partial charge in [-0.25, -0.2) is 12.8 Å². The van der Waals surface area contributed by atoms with Crippen molar-refractivity contribution in [3.63, 3.8) is 0 Å². The fraction of sp³-hybridized carbons (Fsp3) is 0.417. The van der Waals surface area contributed by atoms with Gasteiger partial charge < -0.3 is 9.84 Å². The Morgan fingerprint density at radius 3 is 2.76 bits per heavy atom. The molecule has 2 rings (SSSR count). The zero-order valence-corrected chi connectivity index (χ0v) is 12.6. The van der Waals surface area contributed by atoms with Crippen LogP contribution in [0.4, 0.5) is 4.39 Å². The number of hydrogen-bond acceptors (Lipinski definition) is 5. The van der Waals surface area contributed by atoms with Gasteiger partial charge in [-0.05, 0) is 18.2 Å². The lowest BCUT2D eigenvalue weighted by Crippen LogP contribution is -2.41. The van der Waals surface area contributed by atoms with Crippen LogP contribution in [0, 0.1) is 5.82 Å². The van der Waals surface area contributed by atoms with Gasteiger partial charge in [-0.2, -0.15) is 4.31 Å². The van der Waals surface area contributed by atoms with Crippen molar-refractivity contribution in [2.24, 2.45) is 0 Å². The number of carbonyl (C=O) groups is 1. The van der Waals surface area contributed by atoms with Crippen LogP contribution < -0.4 is 0 Å². The minimum Gasteiger partial charge on any atom is -0.468 e. The predicted octanol–water partition coefficient (Wildman–Crippen LogP) is 0.776. The summed E-state index contributed by atoms with van der Waals surface area (Å²) in [5.74, 6) is -1.51. The first-order valence-electron chi connectivity index (χ1n) is 6.00. The lowest BCUT2D eigenvalue weighted by molar-refractivity contribution is -0.144. The van der Waals surface area contributed by atoms with Crippen molar-refractivity contribution in [3.8, 4) is 0 Å². The predicted molar refractivity (Wildman–Crippen MR) is 71.7 cm³/mol. The monoisotopic (exact) mass is 337 g/mol.